The molecule has 0 aromatic carbocycles. The number of hydrogen-bond acceptors (Lipinski definition) is 4. The number of nitrogens with zero attached hydrogens (tertiary/aromatic N) is 1. The van der Waals surface area contributed by atoms with Crippen LogP contribution in [0, 0.1) is 27.7 Å². The van der Waals surface area contributed by atoms with Gasteiger partial charge in [-0.1, -0.05) is 0 Å². The number of nitrogens with one attached hydrogen (secondary N) is 1. The smallest absolute Gasteiger partial charge is 0.0950 e. The van der Waals surface area contributed by atoms with Crippen LogP contribution < -0.4 is 5.32 Å². The molecule has 18 heavy (non-hydrogen) atoms. The van der Waals surface area contributed by atoms with Crippen LogP contribution in [0.2, 0.25) is 0 Å². The van der Waals surface area contributed by atoms with Crippen molar-refractivity contribution in [1.29, 1.82) is 0 Å². The molecule has 0 radical (unpaired) electrons. The van der Waals surface area contributed by atoms with E-state index in [0.717, 1.165) is 6.42 Å². The van der Waals surface area contributed by atoms with Crippen LogP contribution in [0.25, 0.3) is 0 Å². The Morgan fingerprint density at radius 1 is 1.17 bits per heavy atom. The SMILES string of the molecule is CNC(Cc1nc(C)c(C)s1)c1cc(C)c(C)s1. The molecular weight excluding hydrogens is 260 g/mol. The maximum Gasteiger partial charge on any atom is 0.0950 e. The molecule has 0 aliphatic rings. The summed E-state index contributed by atoms with van der Waals surface area (Å²) in [6.45, 7) is 8.60. The molecule has 0 fully saturated rings. The van der Waals surface area contributed by atoms with Crippen molar-refractivity contribution in [2.24, 2.45) is 0 Å². The van der Waals surface area contributed by atoms with Crippen LogP contribution >= 0.6 is 22.7 Å². The van der Waals surface area contributed by atoms with Crippen molar-refractivity contribution in [3.8, 4) is 0 Å². The first-order valence-corrected chi connectivity index (χ1v) is 7.81. The zero-order chi connectivity index (χ0) is 13.3. The van der Waals surface area contributed by atoms with E-state index in [1.165, 1.54) is 30.9 Å². The van der Waals surface area contributed by atoms with E-state index in [2.05, 4.69) is 44.1 Å². The average Bonchev–Trinajstić information content (AvgIpc) is 2.80. The summed E-state index contributed by atoms with van der Waals surface area (Å²) in [5.74, 6) is 0. The molecule has 0 saturated heterocycles. The van der Waals surface area contributed by atoms with E-state index in [0.29, 0.717) is 6.04 Å². The monoisotopic (exact) mass is 280 g/mol. The van der Waals surface area contributed by atoms with Gasteiger partial charge in [-0.2, -0.15) is 0 Å². The summed E-state index contributed by atoms with van der Waals surface area (Å²) < 4.78 is 0. The van der Waals surface area contributed by atoms with Gasteiger partial charge >= 0.3 is 0 Å². The number of hydrogen-bond donors (Lipinski definition) is 1. The van der Waals surface area contributed by atoms with E-state index in [9.17, 15) is 0 Å². The van der Waals surface area contributed by atoms with Gasteiger partial charge in [-0.15, -0.1) is 22.7 Å². The first kappa shape index (κ1) is 13.7. The minimum atomic E-state index is 0.382. The Morgan fingerprint density at radius 3 is 2.33 bits per heavy atom. The van der Waals surface area contributed by atoms with Gasteiger partial charge in [-0.25, -0.2) is 4.98 Å². The number of thiazole rings is 1. The molecule has 0 saturated carbocycles. The molecule has 0 amide bonds. The third-order valence-electron chi connectivity index (χ3n) is 3.33. The highest BCUT2D eigenvalue weighted by molar-refractivity contribution is 7.12. The van der Waals surface area contributed by atoms with E-state index in [1.807, 2.05) is 29.7 Å². The van der Waals surface area contributed by atoms with Gasteiger partial charge in [0.05, 0.1) is 10.7 Å². The number of aryl methyl sites for hydroxylation is 4. The Hall–Kier alpha value is -0.710. The largest absolute Gasteiger partial charge is 0.312 e. The van der Waals surface area contributed by atoms with Gasteiger partial charge in [0.15, 0.2) is 0 Å². The zero-order valence-electron chi connectivity index (χ0n) is 11.6. The molecule has 4 heteroatoms. The van der Waals surface area contributed by atoms with Crippen molar-refractivity contribution in [2.45, 2.75) is 40.2 Å². The second kappa shape index (κ2) is 5.51. The van der Waals surface area contributed by atoms with Gasteiger partial charge < -0.3 is 5.32 Å². The van der Waals surface area contributed by atoms with Crippen molar-refractivity contribution in [2.75, 3.05) is 7.05 Å². The molecule has 2 heterocycles. The van der Waals surface area contributed by atoms with Crippen LogP contribution in [-0.2, 0) is 6.42 Å². The van der Waals surface area contributed by atoms with Crippen LogP contribution in [0.3, 0.4) is 0 Å². The fourth-order valence-electron chi connectivity index (χ4n) is 1.92. The number of likely N-dealkylation sites (N-methyl/N-ethyl adjacent to an activating group) is 1. The van der Waals surface area contributed by atoms with Crippen molar-refractivity contribution < 1.29 is 0 Å². The lowest BCUT2D eigenvalue weighted by Gasteiger charge is -2.12. The summed E-state index contributed by atoms with van der Waals surface area (Å²) in [7, 11) is 2.03. The highest BCUT2D eigenvalue weighted by Gasteiger charge is 2.16. The molecule has 2 aromatic rings. The van der Waals surface area contributed by atoms with Crippen molar-refractivity contribution in [1.82, 2.24) is 10.3 Å². The molecule has 0 aliphatic carbocycles. The second-order valence-electron chi connectivity index (χ2n) is 4.68. The van der Waals surface area contributed by atoms with E-state index in [-0.39, 0.29) is 0 Å². The van der Waals surface area contributed by atoms with E-state index < -0.39 is 0 Å². The zero-order valence-corrected chi connectivity index (χ0v) is 13.3. The molecule has 1 unspecified atom stereocenters. The molecule has 0 bridgehead atoms. The topological polar surface area (TPSA) is 24.9 Å². The van der Waals surface area contributed by atoms with Crippen molar-refractivity contribution in [3.05, 3.63) is 37.0 Å². The second-order valence-corrected chi connectivity index (χ2v) is 7.26. The summed E-state index contributed by atoms with van der Waals surface area (Å²) in [4.78, 5) is 8.80. The maximum absolute atomic E-state index is 4.64. The lowest BCUT2D eigenvalue weighted by atomic mass is 10.1. The standard InChI is InChI=1S/C14H20N2S2/c1-8-6-13(17-10(8)3)12(15-5)7-14-16-9(2)11(4)18-14/h6,12,15H,7H2,1-5H3. The van der Waals surface area contributed by atoms with Gasteiger partial charge in [0.2, 0.25) is 0 Å². The van der Waals surface area contributed by atoms with Crippen LogP contribution in [0.1, 0.15) is 36.9 Å². The lowest BCUT2D eigenvalue weighted by Crippen LogP contribution is -2.17. The predicted octanol–water partition coefficient (Wildman–Crippen LogP) is 3.94. The predicted molar refractivity (Wildman–Crippen MR) is 80.9 cm³/mol. The average molecular weight is 280 g/mol. The fraction of sp³-hybridized carbons (Fsp3) is 0.500. The lowest BCUT2D eigenvalue weighted by molar-refractivity contribution is 0.599. The van der Waals surface area contributed by atoms with Gasteiger partial charge in [-0.3, -0.25) is 0 Å². The van der Waals surface area contributed by atoms with Gasteiger partial charge in [0.25, 0.3) is 0 Å². The van der Waals surface area contributed by atoms with E-state index in [1.54, 1.807) is 0 Å². The van der Waals surface area contributed by atoms with Crippen molar-refractivity contribution in [3.63, 3.8) is 0 Å². The highest BCUT2D eigenvalue weighted by atomic mass is 32.1. The summed E-state index contributed by atoms with van der Waals surface area (Å²) in [5.41, 5.74) is 2.56. The normalized spacial score (nSPS) is 12.9. The maximum atomic E-state index is 4.64. The molecule has 1 N–H and O–H groups in total. The van der Waals surface area contributed by atoms with Crippen LogP contribution in [-0.4, -0.2) is 12.0 Å². The minimum absolute atomic E-state index is 0.382. The number of rotatable bonds is 4. The third kappa shape index (κ3) is 2.82. The first-order valence-electron chi connectivity index (χ1n) is 6.18. The Morgan fingerprint density at radius 2 is 1.89 bits per heavy atom. The molecular formula is C14H20N2S2. The molecule has 0 aliphatic heterocycles. The fourth-order valence-corrected chi connectivity index (χ4v) is 4.05. The molecule has 2 aromatic heterocycles. The van der Waals surface area contributed by atoms with Crippen LogP contribution in [0.15, 0.2) is 6.07 Å². The Bertz CT molecular complexity index is 501. The Balaban J connectivity index is 2.19. The molecule has 2 rings (SSSR count). The summed E-state index contributed by atoms with van der Waals surface area (Å²) in [5, 5.41) is 4.64. The minimum Gasteiger partial charge on any atom is -0.312 e. The van der Waals surface area contributed by atoms with E-state index in [4.69, 9.17) is 0 Å². The molecule has 1 atom stereocenters. The Kier molecular flexibility index (Phi) is 4.20. The molecule has 2 nitrogen and oxygen atoms in total. The number of aromatic nitrogens is 1. The van der Waals surface area contributed by atoms with Crippen LogP contribution in [0.4, 0.5) is 0 Å². The number of thiophene rings is 1. The quantitative estimate of drug-likeness (QED) is 0.917. The van der Waals surface area contributed by atoms with Gasteiger partial charge in [0, 0.05) is 27.1 Å². The Labute approximate surface area is 117 Å². The van der Waals surface area contributed by atoms with Crippen LogP contribution in [0.5, 0.6) is 0 Å². The highest BCUT2D eigenvalue weighted by Crippen LogP contribution is 2.29. The van der Waals surface area contributed by atoms with Crippen molar-refractivity contribution >= 4 is 22.7 Å². The molecule has 0 spiro atoms. The van der Waals surface area contributed by atoms with E-state index >= 15 is 0 Å². The van der Waals surface area contributed by atoms with Gasteiger partial charge in [0.1, 0.15) is 0 Å². The van der Waals surface area contributed by atoms with Gasteiger partial charge in [-0.05, 0) is 46.4 Å². The first-order chi connectivity index (χ1) is 8.51. The summed E-state index contributed by atoms with van der Waals surface area (Å²) >= 11 is 3.71. The summed E-state index contributed by atoms with van der Waals surface area (Å²) in [6, 6.07) is 2.68. The third-order valence-corrected chi connectivity index (χ3v) is 5.69. The molecule has 98 valence electrons. The summed E-state index contributed by atoms with van der Waals surface area (Å²) in [6.07, 6.45) is 0.981.